The van der Waals surface area contributed by atoms with Crippen molar-refractivity contribution < 1.29 is 17.6 Å². The molecule has 0 amide bonds. The van der Waals surface area contributed by atoms with Crippen molar-refractivity contribution in [3.8, 4) is 27.9 Å². The predicted molar refractivity (Wildman–Crippen MR) is 87.7 cm³/mol. The number of halogens is 3. The summed E-state index contributed by atoms with van der Waals surface area (Å²) in [5.41, 5.74) is 2.32. The van der Waals surface area contributed by atoms with Gasteiger partial charge in [-0.15, -0.1) is 21.5 Å². The van der Waals surface area contributed by atoms with E-state index in [1.54, 1.807) is 17.6 Å². The molecule has 0 atom stereocenters. The monoisotopic (exact) mass is 377 g/mol. The maximum absolute atomic E-state index is 13.1. The fourth-order valence-electron chi connectivity index (χ4n) is 2.43. The van der Waals surface area contributed by atoms with Crippen molar-refractivity contribution in [2.45, 2.75) is 13.1 Å². The van der Waals surface area contributed by atoms with Crippen LogP contribution in [0.1, 0.15) is 11.4 Å². The lowest BCUT2D eigenvalue weighted by Gasteiger charge is -2.10. The number of thiazole rings is 1. The Balaban J connectivity index is 1.73. The molecule has 0 aliphatic rings. The number of aryl methyl sites for hydroxylation is 1. The van der Waals surface area contributed by atoms with Gasteiger partial charge in [-0.1, -0.05) is 6.07 Å². The number of hydrogen-bond acceptors (Lipinski definition) is 6. The summed E-state index contributed by atoms with van der Waals surface area (Å²) in [6.45, 7) is 1.83. The van der Waals surface area contributed by atoms with Crippen LogP contribution in [-0.4, -0.2) is 25.0 Å². The minimum Gasteiger partial charge on any atom is -0.415 e. The molecule has 0 bridgehead atoms. The molecule has 26 heavy (non-hydrogen) atoms. The molecule has 132 valence electrons. The number of alkyl halides is 3. The highest BCUT2D eigenvalue weighted by atomic mass is 32.1. The van der Waals surface area contributed by atoms with Gasteiger partial charge in [0, 0.05) is 5.56 Å². The van der Waals surface area contributed by atoms with E-state index in [2.05, 4.69) is 20.3 Å². The summed E-state index contributed by atoms with van der Waals surface area (Å²) in [4.78, 5) is 4.88. The Labute approximate surface area is 148 Å². The van der Waals surface area contributed by atoms with Gasteiger partial charge < -0.3 is 4.42 Å². The van der Waals surface area contributed by atoms with Crippen LogP contribution in [0.15, 0.2) is 46.5 Å². The smallest absolute Gasteiger partial charge is 0.415 e. The molecule has 3 aromatic heterocycles. The van der Waals surface area contributed by atoms with Gasteiger partial charge in [-0.05, 0) is 31.2 Å². The van der Waals surface area contributed by atoms with Crippen LogP contribution in [0.2, 0.25) is 0 Å². The molecule has 0 spiro atoms. The number of hydrogen-bond donors (Lipinski definition) is 0. The molecule has 6 nitrogen and oxygen atoms in total. The molecule has 4 rings (SSSR count). The third-order valence-electron chi connectivity index (χ3n) is 3.64. The summed E-state index contributed by atoms with van der Waals surface area (Å²) in [5, 5.41) is 11.8. The molecule has 0 saturated carbocycles. The van der Waals surface area contributed by atoms with E-state index in [0.717, 1.165) is 27.5 Å². The summed E-state index contributed by atoms with van der Waals surface area (Å²) in [6, 6.07) is 7.24. The molecule has 4 aromatic rings. The maximum Gasteiger partial charge on any atom is 0.433 e. The lowest BCUT2D eigenvalue weighted by molar-refractivity contribution is -0.142. The summed E-state index contributed by atoms with van der Waals surface area (Å²) in [6.07, 6.45) is -3.40. The summed E-state index contributed by atoms with van der Waals surface area (Å²) in [5.74, 6) is 0.524. The number of nitrogens with zero attached hydrogens (tertiary/aromatic N) is 5. The molecule has 0 radical (unpaired) electrons. The first-order chi connectivity index (χ1) is 12.4. The number of aromatic nitrogens is 5. The van der Waals surface area contributed by atoms with Crippen molar-refractivity contribution >= 4 is 11.3 Å². The minimum absolute atomic E-state index is 0.204. The van der Waals surface area contributed by atoms with Gasteiger partial charge in [-0.3, -0.25) is 0 Å². The fourth-order valence-corrected chi connectivity index (χ4v) is 3.16. The van der Waals surface area contributed by atoms with Gasteiger partial charge in [0.25, 0.3) is 5.89 Å². The Kier molecular flexibility index (Phi) is 3.83. The van der Waals surface area contributed by atoms with E-state index in [1.165, 1.54) is 23.5 Å². The van der Waals surface area contributed by atoms with E-state index in [1.807, 2.05) is 6.92 Å². The van der Waals surface area contributed by atoms with Crippen molar-refractivity contribution in [3.63, 3.8) is 0 Å². The lowest BCUT2D eigenvalue weighted by Crippen LogP contribution is -2.13. The van der Waals surface area contributed by atoms with Crippen LogP contribution < -0.4 is 0 Å². The van der Waals surface area contributed by atoms with Crippen LogP contribution in [0.4, 0.5) is 13.2 Å². The van der Waals surface area contributed by atoms with Crippen molar-refractivity contribution in [1.82, 2.24) is 25.0 Å². The van der Waals surface area contributed by atoms with Crippen LogP contribution in [0.5, 0.6) is 0 Å². The van der Waals surface area contributed by atoms with Gasteiger partial charge in [0.2, 0.25) is 5.89 Å². The Morgan fingerprint density at radius 2 is 1.92 bits per heavy atom. The first-order valence-corrected chi connectivity index (χ1v) is 8.27. The third-order valence-corrected chi connectivity index (χ3v) is 4.55. The van der Waals surface area contributed by atoms with E-state index in [9.17, 15) is 13.2 Å². The van der Waals surface area contributed by atoms with Gasteiger partial charge in [0.1, 0.15) is 10.6 Å². The van der Waals surface area contributed by atoms with Crippen LogP contribution in [0, 0.1) is 6.92 Å². The zero-order valence-corrected chi connectivity index (χ0v) is 14.0. The van der Waals surface area contributed by atoms with Gasteiger partial charge in [0.15, 0.2) is 0 Å². The SMILES string of the molecule is Cc1ncsc1-c1nnc(-c2cccc(-n3nccc3C(F)(F)F)c2)o1. The molecular weight excluding hydrogens is 367 g/mol. The zero-order valence-electron chi connectivity index (χ0n) is 13.2. The quantitative estimate of drug-likeness (QED) is 0.530. The molecule has 0 aliphatic heterocycles. The van der Waals surface area contributed by atoms with Gasteiger partial charge >= 0.3 is 6.18 Å². The van der Waals surface area contributed by atoms with Crippen LogP contribution in [-0.2, 0) is 6.18 Å². The van der Waals surface area contributed by atoms with Crippen LogP contribution in [0.25, 0.3) is 27.9 Å². The summed E-state index contributed by atoms with van der Waals surface area (Å²) < 4.78 is 45.7. The van der Waals surface area contributed by atoms with Gasteiger partial charge in [0.05, 0.1) is 23.1 Å². The molecule has 0 unspecified atom stereocenters. The first kappa shape index (κ1) is 16.5. The molecule has 0 fully saturated rings. The van der Waals surface area contributed by atoms with Crippen molar-refractivity contribution in [3.05, 3.63) is 53.4 Å². The highest BCUT2D eigenvalue weighted by molar-refractivity contribution is 7.13. The van der Waals surface area contributed by atoms with Gasteiger partial charge in [-0.25, -0.2) is 9.67 Å². The minimum atomic E-state index is -4.51. The van der Waals surface area contributed by atoms with Crippen molar-refractivity contribution in [1.29, 1.82) is 0 Å². The Morgan fingerprint density at radius 1 is 1.12 bits per heavy atom. The summed E-state index contributed by atoms with van der Waals surface area (Å²) >= 11 is 1.37. The Hall–Kier alpha value is -3.01. The predicted octanol–water partition coefficient (Wildman–Crippen LogP) is 4.37. The zero-order chi connectivity index (χ0) is 18.3. The number of rotatable bonds is 3. The average Bonchev–Trinajstić information content (AvgIpc) is 3.34. The molecule has 1 aromatic carbocycles. The second-order valence-electron chi connectivity index (χ2n) is 5.36. The number of benzene rings is 1. The van der Waals surface area contributed by atoms with E-state index in [0.29, 0.717) is 11.5 Å². The highest BCUT2D eigenvalue weighted by Crippen LogP contribution is 2.32. The van der Waals surface area contributed by atoms with E-state index in [-0.39, 0.29) is 11.6 Å². The van der Waals surface area contributed by atoms with Crippen LogP contribution in [0.3, 0.4) is 0 Å². The molecule has 0 N–H and O–H groups in total. The third kappa shape index (κ3) is 2.88. The molecule has 0 saturated heterocycles. The van der Waals surface area contributed by atoms with E-state index < -0.39 is 11.9 Å². The second-order valence-corrected chi connectivity index (χ2v) is 6.21. The topological polar surface area (TPSA) is 69.6 Å². The maximum atomic E-state index is 13.1. The van der Waals surface area contributed by atoms with E-state index >= 15 is 0 Å². The molecule has 10 heteroatoms. The fraction of sp³-hybridized carbons (Fsp3) is 0.125. The lowest BCUT2D eigenvalue weighted by atomic mass is 10.2. The summed E-state index contributed by atoms with van der Waals surface area (Å²) in [7, 11) is 0. The van der Waals surface area contributed by atoms with Gasteiger partial charge in [-0.2, -0.15) is 18.3 Å². The van der Waals surface area contributed by atoms with E-state index in [4.69, 9.17) is 4.42 Å². The Morgan fingerprint density at radius 3 is 2.65 bits per heavy atom. The van der Waals surface area contributed by atoms with Crippen LogP contribution >= 0.6 is 11.3 Å². The highest BCUT2D eigenvalue weighted by Gasteiger charge is 2.35. The van der Waals surface area contributed by atoms with Crippen molar-refractivity contribution in [2.24, 2.45) is 0 Å². The normalized spacial score (nSPS) is 11.8. The first-order valence-electron chi connectivity index (χ1n) is 7.39. The van der Waals surface area contributed by atoms with Crippen molar-refractivity contribution in [2.75, 3.05) is 0 Å². The molecule has 0 aliphatic carbocycles. The molecular formula is C16H10F3N5OS. The standard InChI is InChI=1S/C16H10F3N5OS/c1-9-13(26-8-20-9)15-23-22-14(25-15)10-3-2-4-11(7-10)24-12(5-6-21-24)16(17,18)19/h2-8H,1H3. The largest absolute Gasteiger partial charge is 0.433 e. The second kappa shape index (κ2) is 6.06. The Bertz CT molecular complexity index is 1070. The average molecular weight is 377 g/mol. The molecule has 3 heterocycles.